The Labute approximate surface area is 146 Å². The predicted octanol–water partition coefficient (Wildman–Crippen LogP) is 3.54. The smallest absolute Gasteiger partial charge is 0.123 e. The molecule has 2 heterocycles. The molecule has 6 heteroatoms. The maximum atomic E-state index is 9.09. The second-order valence-corrected chi connectivity index (χ2v) is 6.68. The van der Waals surface area contributed by atoms with Crippen LogP contribution in [0.3, 0.4) is 0 Å². The van der Waals surface area contributed by atoms with Crippen LogP contribution >= 0.6 is 11.3 Å². The van der Waals surface area contributed by atoms with Gasteiger partial charge >= 0.3 is 0 Å². The van der Waals surface area contributed by atoms with Gasteiger partial charge in [0.15, 0.2) is 0 Å². The number of aryl methyl sites for hydroxylation is 2. The molecular formula is C18H22N4OS. The average molecular weight is 342 g/mol. The molecule has 2 aromatic heterocycles. The molecule has 0 radical (unpaired) electrons. The van der Waals surface area contributed by atoms with Gasteiger partial charge in [-0.15, -0.1) is 11.3 Å². The molecule has 0 aliphatic carbocycles. The SMILES string of the molecule is Cc1csc(-c2ccc(NCc3c(C)nn(CCO)c3C)cc2)n1. The van der Waals surface area contributed by atoms with Crippen LogP contribution in [0.4, 0.5) is 5.69 Å². The largest absolute Gasteiger partial charge is 0.394 e. The fourth-order valence-electron chi connectivity index (χ4n) is 2.71. The minimum atomic E-state index is 0.104. The number of benzene rings is 1. The number of rotatable bonds is 6. The van der Waals surface area contributed by atoms with E-state index in [1.807, 2.05) is 25.5 Å². The van der Waals surface area contributed by atoms with E-state index in [1.165, 1.54) is 5.56 Å². The van der Waals surface area contributed by atoms with Crippen LogP contribution in [-0.2, 0) is 13.1 Å². The first-order chi connectivity index (χ1) is 11.6. The van der Waals surface area contributed by atoms with Crippen molar-refractivity contribution in [1.29, 1.82) is 0 Å². The van der Waals surface area contributed by atoms with Crippen molar-refractivity contribution in [3.05, 3.63) is 52.3 Å². The Morgan fingerprint density at radius 1 is 1.17 bits per heavy atom. The van der Waals surface area contributed by atoms with Gasteiger partial charge in [-0.05, 0) is 45.0 Å². The summed E-state index contributed by atoms with van der Waals surface area (Å²) in [5.74, 6) is 0. The van der Waals surface area contributed by atoms with Gasteiger partial charge in [0.1, 0.15) is 5.01 Å². The first-order valence-electron chi connectivity index (χ1n) is 7.98. The van der Waals surface area contributed by atoms with Crippen molar-refractivity contribution in [2.75, 3.05) is 11.9 Å². The number of aliphatic hydroxyl groups excluding tert-OH is 1. The number of nitrogens with zero attached hydrogens (tertiary/aromatic N) is 3. The highest BCUT2D eigenvalue weighted by Gasteiger charge is 2.11. The van der Waals surface area contributed by atoms with Gasteiger partial charge in [0.25, 0.3) is 0 Å². The molecular weight excluding hydrogens is 320 g/mol. The zero-order valence-corrected chi connectivity index (χ0v) is 15.0. The van der Waals surface area contributed by atoms with E-state index in [1.54, 1.807) is 11.3 Å². The van der Waals surface area contributed by atoms with E-state index in [-0.39, 0.29) is 6.61 Å². The third kappa shape index (κ3) is 3.49. The van der Waals surface area contributed by atoms with Crippen molar-refractivity contribution in [3.8, 4) is 10.6 Å². The first-order valence-corrected chi connectivity index (χ1v) is 8.86. The Hall–Kier alpha value is -2.18. The minimum Gasteiger partial charge on any atom is -0.394 e. The summed E-state index contributed by atoms with van der Waals surface area (Å²) in [4.78, 5) is 4.51. The molecule has 0 aliphatic rings. The minimum absolute atomic E-state index is 0.104. The standard InChI is InChI=1S/C18H22N4OS/c1-12-11-24-18(20-12)15-4-6-16(7-5-15)19-10-17-13(2)21-22(8-9-23)14(17)3/h4-7,11,19,23H,8-10H2,1-3H3. The molecule has 1 aromatic carbocycles. The molecule has 0 atom stereocenters. The lowest BCUT2D eigenvalue weighted by atomic mass is 10.1. The number of thiazole rings is 1. The summed E-state index contributed by atoms with van der Waals surface area (Å²) in [6, 6.07) is 8.34. The summed E-state index contributed by atoms with van der Waals surface area (Å²) in [5, 5.41) is 20.1. The lowest BCUT2D eigenvalue weighted by Crippen LogP contribution is -2.07. The monoisotopic (exact) mass is 342 g/mol. The Balaban J connectivity index is 1.69. The third-order valence-electron chi connectivity index (χ3n) is 4.06. The molecule has 0 unspecified atom stereocenters. The van der Waals surface area contributed by atoms with Crippen molar-refractivity contribution in [2.24, 2.45) is 0 Å². The fraction of sp³-hybridized carbons (Fsp3) is 0.333. The Morgan fingerprint density at radius 3 is 2.54 bits per heavy atom. The van der Waals surface area contributed by atoms with Gasteiger partial charge in [-0.3, -0.25) is 4.68 Å². The van der Waals surface area contributed by atoms with Gasteiger partial charge in [0.2, 0.25) is 0 Å². The molecule has 5 nitrogen and oxygen atoms in total. The highest BCUT2D eigenvalue weighted by Crippen LogP contribution is 2.25. The summed E-state index contributed by atoms with van der Waals surface area (Å²) < 4.78 is 1.86. The summed E-state index contributed by atoms with van der Waals surface area (Å²) in [5.41, 5.74) is 6.56. The van der Waals surface area contributed by atoms with Crippen LogP contribution in [0.5, 0.6) is 0 Å². The molecule has 3 rings (SSSR count). The Bertz CT molecular complexity index is 820. The van der Waals surface area contributed by atoms with Crippen LogP contribution in [0.15, 0.2) is 29.6 Å². The number of anilines is 1. The third-order valence-corrected chi connectivity index (χ3v) is 5.07. The molecule has 0 bridgehead atoms. The molecule has 126 valence electrons. The maximum absolute atomic E-state index is 9.09. The van der Waals surface area contributed by atoms with Crippen molar-refractivity contribution in [2.45, 2.75) is 33.9 Å². The van der Waals surface area contributed by atoms with Gasteiger partial charge in [-0.2, -0.15) is 5.10 Å². The second kappa shape index (κ2) is 7.15. The molecule has 3 aromatic rings. The van der Waals surface area contributed by atoms with E-state index >= 15 is 0 Å². The number of hydrogen-bond acceptors (Lipinski definition) is 5. The summed E-state index contributed by atoms with van der Waals surface area (Å²) in [6.07, 6.45) is 0. The van der Waals surface area contributed by atoms with Crippen molar-refractivity contribution in [3.63, 3.8) is 0 Å². The molecule has 0 amide bonds. The molecule has 2 N–H and O–H groups in total. The molecule has 0 aliphatic heterocycles. The zero-order chi connectivity index (χ0) is 17.1. The van der Waals surface area contributed by atoms with Crippen LogP contribution in [0.1, 0.15) is 22.6 Å². The fourth-order valence-corrected chi connectivity index (χ4v) is 3.51. The maximum Gasteiger partial charge on any atom is 0.123 e. The summed E-state index contributed by atoms with van der Waals surface area (Å²) >= 11 is 1.67. The molecule has 0 fully saturated rings. The first kappa shape index (κ1) is 16.7. The van der Waals surface area contributed by atoms with Gasteiger partial charge in [0.05, 0.1) is 18.8 Å². The lowest BCUT2D eigenvalue weighted by Gasteiger charge is -2.08. The molecule has 0 saturated carbocycles. The summed E-state index contributed by atoms with van der Waals surface area (Å²) in [7, 11) is 0. The molecule has 0 saturated heterocycles. The van der Waals surface area contributed by atoms with Crippen LogP contribution < -0.4 is 5.32 Å². The Morgan fingerprint density at radius 2 is 1.92 bits per heavy atom. The Kier molecular flexibility index (Phi) is 4.97. The topological polar surface area (TPSA) is 63.0 Å². The highest BCUT2D eigenvalue weighted by atomic mass is 32.1. The average Bonchev–Trinajstić information content (AvgIpc) is 3.11. The lowest BCUT2D eigenvalue weighted by molar-refractivity contribution is 0.268. The van der Waals surface area contributed by atoms with Crippen LogP contribution in [0, 0.1) is 20.8 Å². The highest BCUT2D eigenvalue weighted by molar-refractivity contribution is 7.13. The number of aromatic nitrogens is 3. The quantitative estimate of drug-likeness (QED) is 0.719. The molecule has 24 heavy (non-hydrogen) atoms. The van der Waals surface area contributed by atoms with E-state index in [0.717, 1.165) is 39.9 Å². The van der Waals surface area contributed by atoms with Gasteiger partial charge < -0.3 is 10.4 Å². The second-order valence-electron chi connectivity index (χ2n) is 5.82. The van der Waals surface area contributed by atoms with Gasteiger partial charge in [-0.25, -0.2) is 4.98 Å². The number of hydrogen-bond donors (Lipinski definition) is 2. The van der Waals surface area contributed by atoms with Gasteiger partial charge in [0, 0.05) is 40.1 Å². The van der Waals surface area contributed by atoms with Crippen LogP contribution in [0.2, 0.25) is 0 Å². The van der Waals surface area contributed by atoms with Crippen molar-refractivity contribution < 1.29 is 5.11 Å². The van der Waals surface area contributed by atoms with Crippen LogP contribution in [0.25, 0.3) is 10.6 Å². The van der Waals surface area contributed by atoms with Crippen LogP contribution in [-0.4, -0.2) is 26.5 Å². The van der Waals surface area contributed by atoms with Gasteiger partial charge in [-0.1, -0.05) is 0 Å². The van der Waals surface area contributed by atoms with E-state index in [9.17, 15) is 0 Å². The van der Waals surface area contributed by atoms with E-state index in [2.05, 4.69) is 45.0 Å². The predicted molar refractivity (Wildman–Crippen MR) is 98.4 cm³/mol. The van der Waals surface area contributed by atoms with Crippen molar-refractivity contribution >= 4 is 17.0 Å². The van der Waals surface area contributed by atoms with Crippen molar-refractivity contribution in [1.82, 2.24) is 14.8 Å². The van der Waals surface area contributed by atoms with E-state index in [4.69, 9.17) is 5.11 Å². The van der Waals surface area contributed by atoms with E-state index in [0.29, 0.717) is 6.54 Å². The number of nitrogens with one attached hydrogen (secondary N) is 1. The zero-order valence-electron chi connectivity index (χ0n) is 14.2. The molecule has 0 spiro atoms. The number of aliphatic hydroxyl groups is 1. The normalized spacial score (nSPS) is 11.0. The summed E-state index contributed by atoms with van der Waals surface area (Å²) in [6.45, 7) is 7.42. The van der Waals surface area contributed by atoms with E-state index < -0.39 is 0 Å².